The Morgan fingerprint density at radius 1 is 0.886 bits per heavy atom. The zero-order valence-electron chi connectivity index (χ0n) is 20.4. The van der Waals surface area contributed by atoms with Gasteiger partial charge in [0.1, 0.15) is 11.4 Å². The lowest BCUT2D eigenvalue weighted by atomic mass is 9.92. The fourth-order valence-corrected chi connectivity index (χ4v) is 4.21. The van der Waals surface area contributed by atoms with Crippen molar-refractivity contribution in [2.45, 2.75) is 13.0 Å². The van der Waals surface area contributed by atoms with Gasteiger partial charge in [-0.2, -0.15) is 0 Å². The number of carbonyl (C=O) groups excluding carboxylic acids is 2. The number of anilines is 1. The van der Waals surface area contributed by atoms with Crippen molar-refractivity contribution in [1.29, 1.82) is 0 Å². The van der Waals surface area contributed by atoms with Crippen LogP contribution >= 0.6 is 0 Å². The summed E-state index contributed by atoms with van der Waals surface area (Å²) in [6, 6.07) is 19.4. The third-order valence-corrected chi connectivity index (χ3v) is 6.09. The molecule has 7 nitrogen and oxygen atoms in total. The molecule has 0 fully saturated rings. The number of methoxy groups -OCH3 is 3. The first-order valence-electron chi connectivity index (χ1n) is 11.1. The zero-order valence-corrected chi connectivity index (χ0v) is 20.4. The number of hydrogen-bond acceptors (Lipinski definition) is 6. The summed E-state index contributed by atoms with van der Waals surface area (Å²) in [6.07, 6.45) is 0. The van der Waals surface area contributed by atoms with Gasteiger partial charge in [0.05, 0.1) is 32.9 Å². The summed E-state index contributed by atoms with van der Waals surface area (Å²) in [5, 5.41) is 3.21. The van der Waals surface area contributed by atoms with Crippen molar-refractivity contribution < 1.29 is 23.8 Å². The van der Waals surface area contributed by atoms with Gasteiger partial charge in [-0.05, 0) is 55.0 Å². The second-order valence-corrected chi connectivity index (χ2v) is 8.27. The van der Waals surface area contributed by atoms with Gasteiger partial charge < -0.3 is 24.4 Å². The molecule has 0 spiro atoms. The van der Waals surface area contributed by atoms with Crippen molar-refractivity contribution in [2.75, 3.05) is 33.7 Å². The van der Waals surface area contributed by atoms with E-state index < -0.39 is 6.04 Å². The predicted octanol–water partition coefficient (Wildman–Crippen LogP) is 4.78. The number of ether oxygens (including phenoxy) is 3. The Bertz CT molecular complexity index is 1300. The number of amides is 1. The van der Waals surface area contributed by atoms with Crippen molar-refractivity contribution >= 4 is 17.4 Å². The Kier molecular flexibility index (Phi) is 6.78. The molecular formula is C28H28N2O5. The maximum absolute atomic E-state index is 14.0. The van der Waals surface area contributed by atoms with Gasteiger partial charge in [0.2, 0.25) is 0 Å². The number of hydrogen-bond donors (Lipinski definition) is 1. The molecule has 1 amide bonds. The number of nitrogens with one attached hydrogen (secondary N) is 1. The van der Waals surface area contributed by atoms with Crippen LogP contribution in [0.4, 0.5) is 5.69 Å². The van der Waals surface area contributed by atoms with E-state index in [0.29, 0.717) is 28.4 Å². The number of nitrogens with zero attached hydrogens (tertiary/aromatic N) is 1. The molecule has 1 heterocycles. The van der Waals surface area contributed by atoms with Gasteiger partial charge in [-0.15, -0.1) is 0 Å². The minimum Gasteiger partial charge on any atom is -0.497 e. The zero-order chi connectivity index (χ0) is 25.1. The summed E-state index contributed by atoms with van der Waals surface area (Å²) < 4.78 is 16.1. The quantitative estimate of drug-likeness (QED) is 0.476. The van der Waals surface area contributed by atoms with E-state index in [2.05, 4.69) is 5.32 Å². The Morgan fingerprint density at radius 3 is 2.26 bits per heavy atom. The van der Waals surface area contributed by atoms with E-state index >= 15 is 0 Å². The minimum absolute atomic E-state index is 0.240. The number of benzene rings is 3. The first-order chi connectivity index (χ1) is 16.9. The van der Waals surface area contributed by atoms with Crippen LogP contribution in [0.1, 0.15) is 27.5 Å². The molecular weight excluding hydrogens is 444 g/mol. The highest BCUT2D eigenvalue weighted by Crippen LogP contribution is 2.41. The van der Waals surface area contributed by atoms with Crippen LogP contribution < -0.4 is 19.5 Å². The minimum atomic E-state index is -0.605. The molecule has 3 aromatic rings. The molecule has 0 aromatic heterocycles. The third kappa shape index (κ3) is 4.57. The van der Waals surface area contributed by atoms with Crippen molar-refractivity contribution in [3.05, 3.63) is 94.7 Å². The van der Waals surface area contributed by atoms with E-state index in [9.17, 15) is 9.59 Å². The monoisotopic (exact) mass is 472 g/mol. The van der Waals surface area contributed by atoms with Gasteiger partial charge in [-0.3, -0.25) is 9.59 Å². The second-order valence-electron chi connectivity index (χ2n) is 8.27. The molecule has 1 unspecified atom stereocenters. The second kappa shape index (κ2) is 9.93. The summed E-state index contributed by atoms with van der Waals surface area (Å²) in [5.74, 6) is 1.03. The number of likely N-dealkylation sites (N-methyl/N-ethyl adjacent to an activating group) is 1. The van der Waals surface area contributed by atoms with E-state index in [1.54, 1.807) is 37.3 Å². The van der Waals surface area contributed by atoms with Gasteiger partial charge in [0.25, 0.3) is 5.91 Å². The molecule has 1 N–H and O–H groups in total. The maximum atomic E-state index is 14.0. The van der Waals surface area contributed by atoms with Crippen LogP contribution in [0.2, 0.25) is 0 Å². The van der Waals surface area contributed by atoms with Gasteiger partial charge >= 0.3 is 0 Å². The largest absolute Gasteiger partial charge is 0.497 e. The number of ketones is 1. The molecule has 1 aliphatic rings. The fraction of sp³-hybridized carbons (Fsp3) is 0.214. The van der Waals surface area contributed by atoms with Crippen LogP contribution in [0.15, 0.2) is 78.0 Å². The van der Waals surface area contributed by atoms with Crippen molar-refractivity contribution in [2.24, 2.45) is 0 Å². The standard InChI is InChI=1S/C28H28N2O5/c1-17-9-12-20(13-10-17)29-25-24(27(31)19-11-14-22(34-4)23(16-19)35-5)26(30(2)28(25)32)18-7-6-8-21(15-18)33-3/h6-16,26,29H,1-5H3. The van der Waals surface area contributed by atoms with Gasteiger partial charge in [-0.1, -0.05) is 29.8 Å². The van der Waals surface area contributed by atoms with E-state index in [1.165, 1.54) is 14.2 Å². The lowest BCUT2D eigenvalue weighted by Gasteiger charge is -2.23. The third-order valence-electron chi connectivity index (χ3n) is 6.09. The molecule has 180 valence electrons. The molecule has 0 radical (unpaired) electrons. The van der Waals surface area contributed by atoms with Crippen molar-refractivity contribution in [1.82, 2.24) is 4.90 Å². The topological polar surface area (TPSA) is 77.1 Å². The summed E-state index contributed by atoms with van der Waals surface area (Å²) in [4.78, 5) is 29.0. The van der Waals surface area contributed by atoms with Crippen LogP contribution in [0.5, 0.6) is 17.2 Å². The number of carbonyl (C=O) groups is 2. The first kappa shape index (κ1) is 23.9. The Balaban J connectivity index is 1.87. The molecule has 1 aliphatic heterocycles. The molecule has 0 saturated carbocycles. The average Bonchev–Trinajstić information content (AvgIpc) is 3.14. The molecule has 1 atom stereocenters. The molecule has 3 aromatic carbocycles. The Morgan fingerprint density at radius 2 is 1.60 bits per heavy atom. The molecule has 0 saturated heterocycles. The summed E-state index contributed by atoms with van der Waals surface area (Å²) >= 11 is 0. The molecule has 4 rings (SSSR count). The Hall–Kier alpha value is -4.26. The summed E-state index contributed by atoms with van der Waals surface area (Å²) in [5.41, 5.74) is 3.55. The highest BCUT2D eigenvalue weighted by atomic mass is 16.5. The lowest BCUT2D eigenvalue weighted by Crippen LogP contribution is -2.27. The smallest absolute Gasteiger partial charge is 0.271 e. The van der Waals surface area contributed by atoms with Gasteiger partial charge in [-0.25, -0.2) is 0 Å². The van der Waals surface area contributed by atoms with E-state index in [4.69, 9.17) is 14.2 Å². The van der Waals surface area contributed by atoms with Crippen LogP contribution in [0.25, 0.3) is 0 Å². The number of aryl methyl sites for hydroxylation is 1. The highest BCUT2D eigenvalue weighted by Gasteiger charge is 2.42. The predicted molar refractivity (Wildman–Crippen MR) is 134 cm³/mol. The van der Waals surface area contributed by atoms with E-state index in [1.807, 2.05) is 55.5 Å². The number of rotatable bonds is 8. The average molecular weight is 473 g/mol. The van der Waals surface area contributed by atoms with Crippen LogP contribution in [0.3, 0.4) is 0 Å². The highest BCUT2D eigenvalue weighted by molar-refractivity contribution is 6.18. The molecule has 35 heavy (non-hydrogen) atoms. The summed E-state index contributed by atoms with van der Waals surface area (Å²) in [7, 11) is 6.33. The number of Topliss-reactive ketones (excluding diaryl/α,β-unsaturated/α-hetero) is 1. The molecule has 0 aliphatic carbocycles. The van der Waals surface area contributed by atoms with Crippen molar-refractivity contribution in [3.8, 4) is 17.2 Å². The van der Waals surface area contributed by atoms with Gasteiger partial charge in [0, 0.05) is 18.3 Å². The van der Waals surface area contributed by atoms with Crippen LogP contribution in [-0.2, 0) is 4.79 Å². The maximum Gasteiger partial charge on any atom is 0.271 e. The molecule has 0 bridgehead atoms. The van der Waals surface area contributed by atoms with Crippen molar-refractivity contribution in [3.63, 3.8) is 0 Å². The Labute approximate surface area is 204 Å². The van der Waals surface area contributed by atoms with Crippen LogP contribution in [-0.4, -0.2) is 45.0 Å². The lowest BCUT2D eigenvalue weighted by molar-refractivity contribution is -0.125. The summed E-state index contributed by atoms with van der Waals surface area (Å²) in [6.45, 7) is 1.99. The molecule has 7 heteroatoms. The fourth-order valence-electron chi connectivity index (χ4n) is 4.21. The van der Waals surface area contributed by atoms with Crippen LogP contribution in [0, 0.1) is 6.92 Å². The van der Waals surface area contributed by atoms with Gasteiger partial charge in [0.15, 0.2) is 17.3 Å². The van der Waals surface area contributed by atoms with E-state index in [0.717, 1.165) is 16.8 Å². The SMILES string of the molecule is COc1cccc(C2C(C(=O)c3ccc(OC)c(OC)c3)=C(Nc3ccc(C)cc3)C(=O)N2C)c1. The first-order valence-corrected chi connectivity index (χ1v) is 11.1. The van der Waals surface area contributed by atoms with E-state index in [-0.39, 0.29) is 17.4 Å². The normalized spacial score (nSPS) is 15.3.